The summed E-state index contributed by atoms with van der Waals surface area (Å²) in [5.74, 6) is -0.473. The zero-order chi connectivity index (χ0) is 39.1. The third-order valence-corrected chi connectivity index (χ3v) is 11.2. The van der Waals surface area contributed by atoms with Crippen LogP contribution in [0, 0.1) is 5.92 Å². The highest BCUT2D eigenvalue weighted by Gasteiger charge is 2.45. The van der Waals surface area contributed by atoms with E-state index in [-0.39, 0.29) is 48.0 Å². The molecule has 4 aliphatic heterocycles. The predicted molar refractivity (Wildman–Crippen MR) is 203 cm³/mol. The van der Waals surface area contributed by atoms with Crippen LogP contribution in [0.5, 0.6) is 11.5 Å². The first-order valence-corrected chi connectivity index (χ1v) is 18.6. The molecule has 7 rings (SSSR count). The number of fused-ring (bicyclic) bond motifs is 2. The molecule has 0 radical (unpaired) electrons. The van der Waals surface area contributed by atoms with Crippen LogP contribution in [0.4, 0.5) is 10.5 Å². The molecule has 4 aliphatic rings. The summed E-state index contributed by atoms with van der Waals surface area (Å²) >= 11 is 0. The van der Waals surface area contributed by atoms with Crippen molar-refractivity contribution in [1.82, 2.24) is 29.9 Å². The number of imide groups is 2. The molecule has 15 nitrogen and oxygen atoms in total. The Balaban J connectivity index is 0.971. The van der Waals surface area contributed by atoms with Gasteiger partial charge < -0.3 is 34.1 Å². The van der Waals surface area contributed by atoms with Crippen LogP contribution < -0.4 is 30.6 Å². The van der Waals surface area contributed by atoms with Gasteiger partial charge in [0, 0.05) is 69.2 Å². The number of carbonyl (C=O) groups excluding carboxylic acids is 5. The van der Waals surface area contributed by atoms with Crippen LogP contribution >= 0.6 is 0 Å². The van der Waals surface area contributed by atoms with Crippen molar-refractivity contribution in [3.05, 3.63) is 74.7 Å². The molecule has 55 heavy (non-hydrogen) atoms. The number of anilines is 1. The van der Waals surface area contributed by atoms with E-state index in [0.29, 0.717) is 56.2 Å². The first kappa shape index (κ1) is 37.6. The van der Waals surface area contributed by atoms with E-state index in [0.717, 1.165) is 45.7 Å². The zero-order valence-corrected chi connectivity index (χ0v) is 31.9. The van der Waals surface area contributed by atoms with Gasteiger partial charge in [-0.15, -0.1) is 0 Å². The Morgan fingerprint density at radius 1 is 0.873 bits per heavy atom. The molecular weight excluding hydrogens is 706 g/mol. The second-order valence-corrected chi connectivity index (χ2v) is 15.0. The Hall–Kier alpha value is -5.70. The maximum atomic E-state index is 13.5. The molecule has 2 N–H and O–H groups in total. The Bertz CT molecular complexity index is 2110. The van der Waals surface area contributed by atoms with Crippen molar-refractivity contribution in [1.29, 1.82) is 0 Å². The van der Waals surface area contributed by atoms with Gasteiger partial charge in [0.05, 0.1) is 37.5 Å². The summed E-state index contributed by atoms with van der Waals surface area (Å²) in [6, 6.07) is 7.90. The molecular formula is C40H47N7O8. The van der Waals surface area contributed by atoms with Crippen molar-refractivity contribution in [3.8, 4) is 22.6 Å². The molecule has 0 spiro atoms. The molecule has 2 saturated heterocycles. The lowest BCUT2D eigenvalue weighted by atomic mass is 9.91. The molecule has 2 fully saturated rings. The second-order valence-electron chi connectivity index (χ2n) is 15.0. The van der Waals surface area contributed by atoms with Crippen molar-refractivity contribution in [2.75, 3.05) is 59.4 Å². The van der Waals surface area contributed by atoms with E-state index < -0.39 is 29.7 Å². The van der Waals surface area contributed by atoms with E-state index in [1.165, 1.54) is 0 Å². The number of nitrogens with one attached hydrogen (secondary N) is 2. The number of methoxy groups -OCH3 is 2. The lowest BCUT2D eigenvalue weighted by Gasteiger charge is -2.35. The molecule has 290 valence electrons. The van der Waals surface area contributed by atoms with Gasteiger partial charge in [-0.1, -0.05) is 0 Å². The van der Waals surface area contributed by atoms with E-state index in [4.69, 9.17) is 9.47 Å². The smallest absolute Gasteiger partial charge is 0.317 e. The fourth-order valence-corrected chi connectivity index (χ4v) is 8.23. The maximum Gasteiger partial charge on any atom is 0.317 e. The number of hydrogen-bond donors (Lipinski definition) is 2. The minimum atomic E-state index is -1.01. The molecule has 1 aromatic heterocycles. The number of carbonyl (C=O) groups is 5. The first-order chi connectivity index (χ1) is 26.4. The number of ether oxygens (including phenoxy) is 2. The van der Waals surface area contributed by atoms with Crippen LogP contribution in [-0.2, 0) is 36.1 Å². The Labute approximate surface area is 319 Å². The molecule has 0 bridgehead atoms. The average Bonchev–Trinajstić information content (AvgIpc) is 3.43. The van der Waals surface area contributed by atoms with Crippen molar-refractivity contribution in [3.63, 3.8) is 0 Å². The highest BCUT2D eigenvalue weighted by molar-refractivity contribution is 6.23. The fourth-order valence-electron chi connectivity index (χ4n) is 8.23. The van der Waals surface area contributed by atoms with Gasteiger partial charge in [-0.05, 0) is 87.2 Å². The minimum Gasteiger partial charge on any atom is -0.496 e. The van der Waals surface area contributed by atoms with Crippen molar-refractivity contribution >= 4 is 35.3 Å². The summed E-state index contributed by atoms with van der Waals surface area (Å²) in [4.78, 5) is 84.3. The molecule has 1 unspecified atom stereocenters. The number of piperidine rings is 2. The van der Waals surface area contributed by atoms with Gasteiger partial charge >= 0.3 is 6.03 Å². The summed E-state index contributed by atoms with van der Waals surface area (Å²) in [6.07, 6.45) is 4.16. The summed E-state index contributed by atoms with van der Waals surface area (Å²) in [5.41, 5.74) is 5.41. The number of benzene rings is 2. The Kier molecular flexibility index (Phi) is 10.4. The summed E-state index contributed by atoms with van der Waals surface area (Å²) in [6.45, 7) is 3.18. The third kappa shape index (κ3) is 7.15. The number of pyridine rings is 1. The van der Waals surface area contributed by atoms with Crippen molar-refractivity contribution in [2.45, 2.75) is 51.2 Å². The van der Waals surface area contributed by atoms with Crippen LogP contribution in [0.15, 0.2) is 41.3 Å². The molecule has 3 aromatic rings. The quantitative estimate of drug-likeness (QED) is 0.311. The average molecular weight is 754 g/mol. The number of nitrogens with zero attached hydrogens (tertiary/aromatic N) is 5. The van der Waals surface area contributed by atoms with Crippen molar-refractivity contribution in [2.24, 2.45) is 13.0 Å². The predicted octanol–water partition coefficient (Wildman–Crippen LogP) is 2.52. The van der Waals surface area contributed by atoms with Gasteiger partial charge in [-0.2, -0.15) is 0 Å². The fraction of sp³-hybridized carbons (Fsp3) is 0.450. The van der Waals surface area contributed by atoms with Crippen LogP contribution in [-0.4, -0.2) is 109 Å². The molecule has 5 heterocycles. The zero-order valence-electron chi connectivity index (χ0n) is 31.9. The SMILES string of the molecule is COc1cc(-c2cn(C)c(=O)c3c2CCN(C(=O)NCC2CCN(c4ccc5c(c4)C(=O)N(C4CCC(=O)NC4=O)C5=O)CC2)C3)cc(OC)c1CN(C)C. The Morgan fingerprint density at radius 3 is 2.22 bits per heavy atom. The molecule has 15 heteroatoms. The van der Waals surface area contributed by atoms with E-state index in [1.807, 2.05) is 43.4 Å². The van der Waals surface area contributed by atoms with Crippen LogP contribution in [0.25, 0.3) is 11.1 Å². The lowest BCUT2D eigenvalue weighted by molar-refractivity contribution is -0.136. The summed E-state index contributed by atoms with van der Waals surface area (Å²) < 4.78 is 13.1. The maximum absolute atomic E-state index is 13.5. The molecule has 6 amide bonds. The van der Waals surface area contributed by atoms with Crippen LogP contribution in [0.2, 0.25) is 0 Å². The van der Waals surface area contributed by atoms with Gasteiger partial charge in [0.25, 0.3) is 17.4 Å². The molecule has 0 aliphatic carbocycles. The summed E-state index contributed by atoms with van der Waals surface area (Å²) in [7, 11) is 8.96. The highest BCUT2D eigenvalue weighted by atomic mass is 16.5. The van der Waals surface area contributed by atoms with E-state index in [2.05, 4.69) is 15.5 Å². The van der Waals surface area contributed by atoms with Gasteiger partial charge in [-0.25, -0.2) is 4.79 Å². The minimum absolute atomic E-state index is 0.0666. The molecule has 1 atom stereocenters. The van der Waals surface area contributed by atoms with Crippen LogP contribution in [0.3, 0.4) is 0 Å². The highest BCUT2D eigenvalue weighted by Crippen LogP contribution is 2.38. The number of hydrogen-bond acceptors (Lipinski definition) is 10. The lowest BCUT2D eigenvalue weighted by Crippen LogP contribution is -2.54. The third-order valence-electron chi connectivity index (χ3n) is 11.2. The van der Waals surface area contributed by atoms with Gasteiger partial charge in [0.1, 0.15) is 17.5 Å². The largest absolute Gasteiger partial charge is 0.496 e. The van der Waals surface area contributed by atoms with Crippen LogP contribution in [0.1, 0.15) is 63.1 Å². The number of rotatable bonds is 9. The van der Waals surface area contributed by atoms with E-state index in [9.17, 15) is 28.8 Å². The summed E-state index contributed by atoms with van der Waals surface area (Å²) in [5, 5.41) is 5.33. The van der Waals surface area contributed by atoms with Gasteiger partial charge in [0.15, 0.2) is 0 Å². The van der Waals surface area contributed by atoms with E-state index >= 15 is 0 Å². The standard InChI is InChI=1S/C40H47N7O8/c1-43(2)20-31-33(54-4)16-24(17-34(31)55-5)29-21-44(3)37(50)30-22-46(15-12-26(29)30)40(53)41-19-23-10-13-45(14-11-23)25-6-7-27-28(18-25)39(52)47(38(27)51)32-8-9-35(48)42-36(32)49/h6-7,16-18,21,23,32H,8-15,19-20,22H2,1-5H3,(H,41,53)(H,42,48,49). The van der Waals surface area contributed by atoms with Gasteiger partial charge in [0.2, 0.25) is 11.8 Å². The monoisotopic (exact) mass is 753 g/mol. The second kappa shape index (κ2) is 15.2. The number of amides is 6. The number of aryl methyl sites for hydroxylation is 1. The first-order valence-electron chi connectivity index (χ1n) is 18.6. The normalized spacial score (nSPS) is 18.7. The van der Waals surface area contributed by atoms with Gasteiger partial charge in [-0.3, -0.25) is 34.2 Å². The number of urea groups is 1. The van der Waals surface area contributed by atoms with E-state index in [1.54, 1.807) is 42.9 Å². The molecule has 2 aromatic carbocycles. The topological polar surface area (TPSA) is 163 Å². The Morgan fingerprint density at radius 2 is 1.56 bits per heavy atom. The number of aromatic nitrogens is 1. The molecule has 0 saturated carbocycles. The van der Waals surface area contributed by atoms with Crippen molar-refractivity contribution < 1.29 is 33.4 Å².